The number of halogens is 2. The summed E-state index contributed by atoms with van der Waals surface area (Å²) in [5, 5.41) is 14.5. The first-order valence-corrected chi connectivity index (χ1v) is 10.4. The lowest BCUT2D eigenvalue weighted by Crippen LogP contribution is -2.44. The Kier molecular flexibility index (Phi) is 6.15. The highest BCUT2D eigenvalue weighted by molar-refractivity contribution is 6.35. The van der Waals surface area contributed by atoms with Crippen LogP contribution in [-0.4, -0.2) is 60.2 Å². The Labute approximate surface area is 180 Å². The maximum Gasteiger partial charge on any atom is 0.257 e. The van der Waals surface area contributed by atoms with Crippen LogP contribution in [-0.2, 0) is 4.74 Å². The maximum absolute atomic E-state index is 13.3. The zero-order chi connectivity index (χ0) is 20.4. The van der Waals surface area contributed by atoms with Crippen LogP contribution in [0.2, 0.25) is 10.0 Å². The van der Waals surface area contributed by atoms with Gasteiger partial charge in [0.1, 0.15) is 11.9 Å². The van der Waals surface area contributed by atoms with Crippen molar-refractivity contribution < 1.29 is 14.6 Å². The molecule has 0 spiro atoms. The van der Waals surface area contributed by atoms with E-state index >= 15 is 0 Å². The van der Waals surface area contributed by atoms with Crippen molar-refractivity contribution in [3.63, 3.8) is 0 Å². The number of hydrogen-bond donors (Lipinski definition) is 2. The van der Waals surface area contributed by atoms with Gasteiger partial charge in [0.2, 0.25) is 0 Å². The average Bonchev–Trinajstić information content (AvgIpc) is 2.73. The van der Waals surface area contributed by atoms with E-state index in [1.165, 1.54) is 6.07 Å². The number of fused-ring (bicyclic) bond motifs is 1. The van der Waals surface area contributed by atoms with Crippen molar-refractivity contribution in [2.45, 2.75) is 12.6 Å². The smallest absolute Gasteiger partial charge is 0.257 e. The van der Waals surface area contributed by atoms with Crippen molar-refractivity contribution >= 4 is 34.8 Å². The van der Waals surface area contributed by atoms with Crippen LogP contribution in [0.3, 0.4) is 0 Å². The number of nitrogens with one attached hydrogen (secondary N) is 1. The molecule has 0 aromatic heterocycles. The molecule has 1 fully saturated rings. The van der Waals surface area contributed by atoms with Gasteiger partial charge in [-0.25, -0.2) is 0 Å². The molecule has 29 heavy (non-hydrogen) atoms. The number of benzene rings is 2. The number of ether oxygens (including phenoxy) is 1. The van der Waals surface area contributed by atoms with E-state index < -0.39 is 6.17 Å². The number of nitrogens with zero attached hydrogens (tertiary/aromatic N) is 2. The van der Waals surface area contributed by atoms with Crippen molar-refractivity contribution in [1.82, 2.24) is 9.80 Å². The molecular weight excluding hydrogens is 413 g/mol. The predicted molar refractivity (Wildman–Crippen MR) is 114 cm³/mol. The summed E-state index contributed by atoms with van der Waals surface area (Å²) < 4.78 is 5.39. The minimum Gasteiger partial charge on any atom is -0.506 e. The Morgan fingerprint density at radius 3 is 2.69 bits per heavy atom. The molecule has 154 valence electrons. The van der Waals surface area contributed by atoms with Crippen molar-refractivity contribution in [1.29, 1.82) is 0 Å². The first-order valence-electron chi connectivity index (χ1n) is 9.69. The predicted octanol–water partition coefficient (Wildman–Crippen LogP) is 3.99. The topological polar surface area (TPSA) is 65.0 Å². The van der Waals surface area contributed by atoms with Crippen LogP contribution in [0.5, 0.6) is 5.75 Å². The summed E-state index contributed by atoms with van der Waals surface area (Å²) in [7, 11) is 0. The van der Waals surface area contributed by atoms with Gasteiger partial charge in [0.25, 0.3) is 5.91 Å². The highest BCUT2D eigenvalue weighted by atomic mass is 35.5. The highest BCUT2D eigenvalue weighted by Crippen LogP contribution is 2.40. The van der Waals surface area contributed by atoms with E-state index in [4.69, 9.17) is 27.9 Å². The molecule has 0 bridgehead atoms. The molecule has 6 nitrogen and oxygen atoms in total. The molecule has 4 rings (SSSR count). The molecule has 1 amide bonds. The number of carbonyl (C=O) groups excluding carboxylic acids is 1. The van der Waals surface area contributed by atoms with E-state index in [1.807, 2.05) is 18.2 Å². The van der Waals surface area contributed by atoms with E-state index in [0.29, 0.717) is 22.7 Å². The zero-order valence-corrected chi connectivity index (χ0v) is 17.4. The summed E-state index contributed by atoms with van der Waals surface area (Å²) in [5.74, 6) is -0.152. The van der Waals surface area contributed by atoms with Crippen molar-refractivity contribution in [3.05, 3.63) is 57.6 Å². The first kappa shape index (κ1) is 20.3. The summed E-state index contributed by atoms with van der Waals surface area (Å²) in [4.78, 5) is 17.3. The van der Waals surface area contributed by atoms with Crippen LogP contribution >= 0.6 is 23.2 Å². The van der Waals surface area contributed by atoms with Crippen LogP contribution in [0.15, 0.2) is 36.4 Å². The fourth-order valence-corrected chi connectivity index (χ4v) is 4.36. The summed E-state index contributed by atoms with van der Waals surface area (Å²) in [6.07, 6.45) is 0.250. The number of aromatic hydroxyl groups is 1. The van der Waals surface area contributed by atoms with E-state index in [1.54, 1.807) is 17.0 Å². The third-order valence-corrected chi connectivity index (χ3v) is 5.86. The third-order valence-electron chi connectivity index (χ3n) is 5.35. The standard InChI is InChI=1S/C21H23Cl2N3O3/c22-14-12-16(19(27)17(23)13-14)20-24-18-5-2-1-4-15(18)21(28)26(20)7-3-6-25-8-10-29-11-9-25/h1-2,4-5,12-13,20,24,27H,3,6-11H2/t20-/m0/s1. The average molecular weight is 436 g/mol. The lowest BCUT2D eigenvalue weighted by atomic mass is 10.0. The Balaban J connectivity index is 1.61. The van der Waals surface area contributed by atoms with Gasteiger partial charge in [0.05, 0.1) is 23.8 Å². The van der Waals surface area contributed by atoms with Crippen molar-refractivity contribution in [3.8, 4) is 5.75 Å². The lowest BCUT2D eigenvalue weighted by molar-refractivity contribution is 0.0348. The third kappa shape index (κ3) is 4.31. The van der Waals surface area contributed by atoms with E-state index in [2.05, 4.69) is 10.2 Å². The van der Waals surface area contributed by atoms with Gasteiger partial charge in [-0.05, 0) is 30.7 Å². The zero-order valence-electron chi connectivity index (χ0n) is 15.9. The van der Waals surface area contributed by atoms with Gasteiger partial charge in [-0.1, -0.05) is 35.3 Å². The van der Waals surface area contributed by atoms with Crippen molar-refractivity contribution in [2.24, 2.45) is 0 Å². The van der Waals surface area contributed by atoms with Gasteiger partial charge in [-0.3, -0.25) is 9.69 Å². The van der Waals surface area contributed by atoms with Gasteiger partial charge >= 0.3 is 0 Å². The van der Waals surface area contributed by atoms with Crippen molar-refractivity contribution in [2.75, 3.05) is 44.7 Å². The Hall–Kier alpha value is -1.99. The summed E-state index contributed by atoms with van der Waals surface area (Å²) in [5.41, 5.74) is 1.82. The van der Waals surface area contributed by atoms with E-state index in [-0.39, 0.29) is 16.7 Å². The SMILES string of the molecule is O=C1c2ccccc2N[C@H](c2cc(Cl)cc(Cl)c2O)N1CCCN1CCOCC1. The molecule has 0 aliphatic carbocycles. The summed E-state index contributed by atoms with van der Waals surface area (Å²) >= 11 is 12.3. The molecule has 2 aliphatic rings. The Morgan fingerprint density at radius 2 is 1.90 bits per heavy atom. The number of phenolic OH excluding ortho intramolecular Hbond substituents is 1. The quantitative estimate of drug-likeness (QED) is 0.742. The number of morpholine rings is 1. The van der Waals surface area contributed by atoms with Gasteiger partial charge in [-0.2, -0.15) is 0 Å². The van der Waals surface area contributed by atoms with Gasteiger partial charge < -0.3 is 20.1 Å². The normalized spacial score (nSPS) is 19.7. The molecule has 2 aromatic carbocycles. The van der Waals surface area contributed by atoms with Gasteiger partial charge in [0, 0.05) is 42.5 Å². The molecule has 8 heteroatoms. The fourth-order valence-electron chi connectivity index (χ4n) is 3.85. The minimum absolute atomic E-state index is 0.0704. The number of phenols is 1. The van der Waals surface area contributed by atoms with E-state index in [0.717, 1.165) is 45.0 Å². The van der Waals surface area contributed by atoms with Crippen LogP contribution in [0.25, 0.3) is 0 Å². The minimum atomic E-state index is -0.557. The Bertz CT molecular complexity index is 903. The second kappa shape index (κ2) is 8.79. The molecule has 2 heterocycles. The molecule has 1 saturated heterocycles. The highest BCUT2D eigenvalue weighted by Gasteiger charge is 2.34. The number of rotatable bonds is 5. The molecule has 2 aliphatic heterocycles. The number of anilines is 1. The molecule has 0 saturated carbocycles. The molecule has 0 radical (unpaired) electrons. The number of hydrogen-bond acceptors (Lipinski definition) is 5. The molecule has 2 N–H and O–H groups in total. The largest absolute Gasteiger partial charge is 0.506 e. The van der Waals surface area contributed by atoms with Crippen LogP contribution < -0.4 is 5.32 Å². The van der Waals surface area contributed by atoms with Crippen LogP contribution in [0.1, 0.15) is 28.5 Å². The Morgan fingerprint density at radius 1 is 1.14 bits per heavy atom. The summed E-state index contributed by atoms with van der Waals surface area (Å²) in [6.45, 7) is 4.71. The van der Waals surface area contributed by atoms with Gasteiger partial charge in [0.15, 0.2) is 0 Å². The second-order valence-electron chi connectivity index (χ2n) is 7.22. The van der Waals surface area contributed by atoms with Crippen LogP contribution in [0, 0.1) is 0 Å². The second-order valence-corrected chi connectivity index (χ2v) is 8.07. The number of para-hydroxylation sites is 1. The first-order chi connectivity index (χ1) is 14.0. The van der Waals surface area contributed by atoms with Gasteiger partial charge in [-0.15, -0.1) is 0 Å². The summed E-state index contributed by atoms with van der Waals surface area (Å²) in [6, 6.07) is 10.5. The maximum atomic E-state index is 13.3. The molecule has 1 atom stereocenters. The monoisotopic (exact) mass is 435 g/mol. The fraction of sp³-hybridized carbons (Fsp3) is 0.381. The number of carbonyl (C=O) groups is 1. The number of amides is 1. The van der Waals surface area contributed by atoms with Crippen LogP contribution in [0.4, 0.5) is 5.69 Å². The lowest BCUT2D eigenvalue weighted by Gasteiger charge is -2.39. The van der Waals surface area contributed by atoms with E-state index in [9.17, 15) is 9.90 Å². The molecular formula is C21H23Cl2N3O3. The molecule has 0 unspecified atom stereocenters. The molecule has 2 aromatic rings.